The lowest BCUT2D eigenvalue weighted by Gasteiger charge is -2.11. The van der Waals surface area contributed by atoms with Gasteiger partial charge in [0.2, 0.25) is 4.96 Å². The second-order valence-corrected chi connectivity index (χ2v) is 6.35. The van der Waals surface area contributed by atoms with Crippen LogP contribution < -0.4 is 19.6 Å². The molecule has 0 fully saturated rings. The van der Waals surface area contributed by atoms with Crippen LogP contribution in [0.5, 0.6) is 11.5 Å². The number of benzene rings is 1. The van der Waals surface area contributed by atoms with E-state index >= 15 is 0 Å². The molecule has 0 unspecified atom stereocenters. The Labute approximate surface area is 143 Å². The van der Waals surface area contributed by atoms with Crippen molar-refractivity contribution < 1.29 is 9.47 Å². The molecular formula is C17H19N3O3S. The molecule has 0 aliphatic carbocycles. The minimum atomic E-state index is -0.161. The fourth-order valence-corrected chi connectivity index (χ4v) is 3.24. The summed E-state index contributed by atoms with van der Waals surface area (Å²) in [6, 6.07) is 5.65. The van der Waals surface area contributed by atoms with E-state index in [-0.39, 0.29) is 5.56 Å². The molecule has 0 N–H and O–H groups in total. The van der Waals surface area contributed by atoms with E-state index in [0.717, 1.165) is 30.6 Å². The molecule has 0 amide bonds. The Morgan fingerprint density at radius 1 is 1.29 bits per heavy atom. The average Bonchev–Trinajstić information content (AvgIpc) is 3.16. The van der Waals surface area contributed by atoms with Gasteiger partial charge in [-0.25, -0.2) is 4.98 Å². The number of ether oxygens (including phenoxy) is 2. The van der Waals surface area contributed by atoms with E-state index in [1.165, 1.54) is 22.2 Å². The normalized spacial score (nSPS) is 12.0. The molecule has 3 rings (SSSR count). The summed E-state index contributed by atoms with van der Waals surface area (Å²) in [5.41, 5.74) is 0.709. The first-order valence-corrected chi connectivity index (χ1v) is 8.69. The Kier molecular flexibility index (Phi) is 5.10. The van der Waals surface area contributed by atoms with Crippen LogP contribution in [0.1, 0.15) is 31.7 Å². The molecule has 6 nitrogen and oxygen atoms in total. The lowest BCUT2D eigenvalue weighted by Crippen LogP contribution is -2.23. The number of unbranched alkanes of at least 4 members (excludes halogenated alkanes) is 2. The lowest BCUT2D eigenvalue weighted by atomic mass is 10.2. The van der Waals surface area contributed by atoms with Gasteiger partial charge in [-0.15, -0.1) is 0 Å². The van der Waals surface area contributed by atoms with Gasteiger partial charge in [0.05, 0.1) is 18.2 Å². The van der Waals surface area contributed by atoms with Gasteiger partial charge >= 0.3 is 0 Å². The number of thiazole rings is 1. The van der Waals surface area contributed by atoms with E-state index in [1.807, 2.05) is 24.3 Å². The molecule has 0 aliphatic rings. The maximum atomic E-state index is 12.2. The molecule has 0 atom stereocenters. The van der Waals surface area contributed by atoms with Gasteiger partial charge in [-0.1, -0.05) is 37.2 Å². The monoisotopic (exact) mass is 345 g/mol. The highest BCUT2D eigenvalue weighted by Gasteiger charge is 2.07. The summed E-state index contributed by atoms with van der Waals surface area (Å²) in [5, 5.41) is 3.92. The van der Waals surface area contributed by atoms with Crippen LogP contribution in [0.3, 0.4) is 0 Å². The van der Waals surface area contributed by atoms with E-state index in [0.29, 0.717) is 21.8 Å². The summed E-state index contributed by atoms with van der Waals surface area (Å²) < 4.78 is 13.1. The molecule has 0 spiro atoms. The van der Waals surface area contributed by atoms with Crippen LogP contribution in [0, 0.1) is 0 Å². The Morgan fingerprint density at radius 2 is 2.17 bits per heavy atom. The first kappa shape index (κ1) is 16.4. The molecule has 0 saturated heterocycles. The van der Waals surface area contributed by atoms with Gasteiger partial charge in [-0.05, 0) is 30.2 Å². The number of fused-ring (bicyclic) bond motifs is 1. The highest BCUT2D eigenvalue weighted by molar-refractivity contribution is 7.15. The molecule has 2 heterocycles. The molecule has 0 radical (unpaired) electrons. The van der Waals surface area contributed by atoms with Crippen molar-refractivity contribution >= 4 is 22.4 Å². The molecule has 24 heavy (non-hydrogen) atoms. The second-order valence-electron chi connectivity index (χ2n) is 5.34. The molecule has 3 aromatic rings. The molecule has 2 aromatic heterocycles. The predicted molar refractivity (Wildman–Crippen MR) is 93.9 cm³/mol. The SMILES string of the molecule is CCCCCOc1ccc(C=c2sc3ncnn3c2=O)cc1OC. The minimum absolute atomic E-state index is 0.161. The largest absolute Gasteiger partial charge is 0.493 e. The van der Waals surface area contributed by atoms with Crippen LogP contribution in [0.25, 0.3) is 11.0 Å². The van der Waals surface area contributed by atoms with E-state index < -0.39 is 0 Å². The van der Waals surface area contributed by atoms with Crippen molar-refractivity contribution in [2.45, 2.75) is 26.2 Å². The van der Waals surface area contributed by atoms with Crippen molar-refractivity contribution in [1.29, 1.82) is 0 Å². The molecule has 0 saturated carbocycles. The van der Waals surface area contributed by atoms with Gasteiger partial charge in [0.25, 0.3) is 5.56 Å². The third kappa shape index (κ3) is 3.41. The summed E-state index contributed by atoms with van der Waals surface area (Å²) in [6.45, 7) is 2.83. The smallest absolute Gasteiger partial charge is 0.291 e. The van der Waals surface area contributed by atoms with Gasteiger partial charge in [-0.3, -0.25) is 4.79 Å². The van der Waals surface area contributed by atoms with Gasteiger partial charge in [0.15, 0.2) is 11.5 Å². The van der Waals surface area contributed by atoms with Gasteiger partial charge in [0, 0.05) is 0 Å². The second kappa shape index (κ2) is 7.44. The van der Waals surface area contributed by atoms with Crippen LogP contribution in [-0.2, 0) is 0 Å². The first-order valence-electron chi connectivity index (χ1n) is 7.88. The average molecular weight is 345 g/mol. The summed E-state index contributed by atoms with van der Waals surface area (Å²) in [5.74, 6) is 1.38. The van der Waals surface area contributed by atoms with Crippen LogP contribution in [0.4, 0.5) is 0 Å². The maximum absolute atomic E-state index is 12.2. The Bertz CT molecular complexity index is 932. The number of hydrogen-bond acceptors (Lipinski definition) is 6. The highest BCUT2D eigenvalue weighted by Crippen LogP contribution is 2.28. The number of nitrogens with zero attached hydrogens (tertiary/aromatic N) is 3. The van der Waals surface area contributed by atoms with Crippen LogP contribution in [0.2, 0.25) is 0 Å². The number of aromatic nitrogens is 3. The Balaban J connectivity index is 1.86. The number of methoxy groups -OCH3 is 1. The molecule has 0 aliphatic heterocycles. The Morgan fingerprint density at radius 3 is 2.92 bits per heavy atom. The third-order valence-electron chi connectivity index (χ3n) is 3.61. The number of hydrogen-bond donors (Lipinski definition) is 0. The van der Waals surface area contributed by atoms with Crippen LogP contribution >= 0.6 is 11.3 Å². The van der Waals surface area contributed by atoms with Crippen molar-refractivity contribution in [2.24, 2.45) is 0 Å². The van der Waals surface area contributed by atoms with Gasteiger partial charge in [0.1, 0.15) is 6.33 Å². The lowest BCUT2D eigenvalue weighted by molar-refractivity contribution is 0.286. The minimum Gasteiger partial charge on any atom is -0.493 e. The standard InChI is InChI=1S/C17H19N3O3S/c1-3-4-5-8-23-13-7-6-12(9-14(13)22-2)10-15-16(21)20-17(24-15)18-11-19-20/h6-7,9-11H,3-5,8H2,1-2H3. The van der Waals surface area contributed by atoms with E-state index in [1.54, 1.807) is 7.11 Å². The van der Waals surface area contributed by atoms with Crippen molar-refractivity contribution in [2.75, 3.05) is 13.7 Å². The maximum Gasteiger partial charge on any atom is 0.291 e. The predicted octanol–water partition coefficient (Wildman–Crippen LogP) is 2.28. The Hall–Kier alpha value is -2.41. The fourth-order valence-electron chi connectivity index (χ4n) is 2.36. The fraction of sp³-hybridized carbons (Fsp3) is 0.353. The molecule has 0 bridgehead atoms. The van der Waals surface area contributed by atoms with Crippen LogP contribution in [0.15, 0.2) is 29.3 Å². The van der Waals surface area contributed by atoms with E-state index in [9.17, 15) is 4.79 Å². The third-order valence-corrected chi connectivity index (χ3v) is 4.59. The van der Waals surface area contributed by atoms with Crippen molar-refractivity contribution in [3.63, 3.8) is 0 Å². The van der Waals surface area contributed by atoms with Gasteiger partial charge < -0.3 is 9.47 Å². The molecule has 1 aromatic carbocycles. The summed E-state index contributed by atoms with van der Waals surface area (Å²) in [6.07, 6.45) is 6.52. The highest BCUT2D eigenvalue weighted by atomic mass is 32.1. The van der Waals surface area contributed by atoms with Crippen molar-refractivity contribution in [1.82, 2.24) is 14.6 Å². The quantitative estimate of drug-likeness (QED) is 0.615. The van der Waals surface area contributed by atoms with E-state index in [2.05, 4.69) is 17.0 Å². The molecule has 126 valence electrons. The first-order chi connectivity index (χ1) is 11.7. The molecular weight excluding hydrogens is 326 g/mol. The van der Waals surface area contributed by atoms with Crippen molar-refractivity contribution in [3.05, 3.63) is 45.0 Å². The molecule has 7 heteroatoms. The zero-order valence-corrected chi connectivity index (χ0v) is 14.5. The van der Waals surface area contributed by atoms with Gasteiger partial charge in [-0.2, -0.15) is 9.61 Å². The van der Waals surface area contributed by atoms with Crippen molar-refractivity contribution in [3.8, 4) is 11.5 Å². The zero-order valence-electron chi connectivity index (χ0n) is 13.7. The summed E-state index contributed by atoms with van der Waals surface area (Å²) in [7, 11) is 1.61. The summed E-state index contributed by atoms with van der Waals surface area (Å²) in [4.78, 5) is 16.8. The zero-order chi connectivity index (χ0) is 16.9. The number of rotatable bonds is 7. The summed E-state index contributed by atoms with van der Waals surface area (Å²) >= 11 is 1.31. The van der Waals surface area contributed by atoms with Crippen LogP contribution in [-0.4, -0.2) is 28.3 Å². The van der Waals surface area contributed by atoms with E-state index in [4.69, 9.17) is 9.47 Å². The topological polar surface area (TPSA) is 65.7 Å².